The lowest BCUT2D eigenvalue weighted by Crippen LogP contribution is -2.38. The minimum absolute atomic E-state index is 0.151. The van der Waals surface area contributed by atoms with Gasteiger partial charge in [0, 0.05) is 12.5 Å². The number of nitrogens with one attached hydrogen (secondary N) is 1. The molecule has 1 fully saturated rings. The van der Waals surface area contributed by atoms with Crippen molar-refractivity contribution in [3.8, 4) is 0 Å². The van der Waals surface area contributed by atoms with E-state index in [-0.39, 0.29) is 18.1 Å². The van der Waals surface area contributed by atoms with Crippen LogP contribution in [0, 0.1) is 6.92 Å². The van der Waals surface area contributed by atoms with Crippen LogP contribution >= 0.6 is 0 Å². The van der Waals surface area contributed by atoms with Gasteiger partial charge in [-0.05, 0) is 51.0 Å². The van der Waals surface area contributed by atoms with Crippen LogP contribution in [0.5, 0.6) is 0 Å². The Morgan fingerprint density at radius 1 is 1.20 bits per heavy atom. The Hall–Kier alpha value is -1.35. The van der Waals surface area contributed by atoms with Gasteiger partial charge in [-0.2, -0.15) is 0 Å². The van der Waals surface area contributed by atoms with E-state index in [1.165, 1.54) is 11.1 Å². The molecule has 2 N–H and O–H groups in total. The van der Waals surface area contributed by atoms with Gasteiger partial charge in [0.1, 0.15) is 0 Å². The highest BCUT2D eigenvalue weighted by molar-refractivity contribution is 5.76. The van der Waals surface area contributed by atoms with Crippen LogP contribution in [0.15, 0.2) is 24.3 Å². The molecule has 0 bridgehead atoms. The Morgan fingerprint density at radius 3 is 2.50 bits per heavy atom. The minimum Gasteiger partial charge on any atom is -0.393 e. The fourth-order valence-electron chi connectivity index (χ4n) is 2.73. The smallest absolute Gasteiger partial charge is 0.220 e. The molecule has 0 saturated heterocycles. The molecule has 1 aliphatic rings. The molecule has 1 aliphatic carbocycles. The number of rotatable bonds is 5. The van der Waals surface area contributed by atoms with Crippen molar-refractivity contribution in [2.75, 3.05) is 0 Å². The molecule has 0 aliphatic heterocycles. The van der Waals surface area contributed by atoms with Gasteiger partial charge in [0.05, 0.1) is 6.10 Å². The summed E-state index contributed by atoms with van der Waals surface area (Å²) in [4.78, 5) is 11.9. The molecule has 1 aromatic carbocycles. The van der Waals surface area contributed by atoms with E-state index < -0.39 is 0 Å². The van der Waals surface area contributed by atoms with E-state index in [0.29, 0.717) is 6.42 Å². The first-order chi connectivity index (χ1) is 9.63. The topological polar surface area (TPSA) is 49.3 Å². The van der Waals surface area contributed by atoms with E-state index in [9.17, 15) is 9.90 Å². The minimum atomic E-state index is -0.162. The first-order valence-electron chi connectivity index (χ1n) is 7.66. The fraction of sp³-hybridized carbons (Fsp3) is 0.588. The maximum absolute atomic E-state index is 11.9. The Balaban J connectivity index is 1.64. The van der Waals surface area contributed by atoms with Crippen molar-refractivity contribution in [2.24, 2.45) is 0 Å². The van der Waals surface area contributed by atoms with Gasteiger partial charge in [-0.15, -0.1) is 0 Å². The van der Waals surface area contributed by atoms with Crippen LogP contribution in [-0.4, -0.2) is 23.2 Å². The lowest BCUT2D eigenvalue weighted by atomic mass is 9.93. The number of aliphatic hydroxyl groups is 1. The van der Waals surface area contributed by atoms with Gasteiger partial charge in [-0.1, -0.05) is 29.8 Å². The molecule has 110 valence electrons. The molecule has 2 rings (SSSR count). The van der Waals surface area contributed by atoms with Gasteiger partial charge in [0.15, 0.2) is 0 Å². The zero-order valence-corrected chi connectivity index (χ0v) is 12.3. The first kappa shape index (κ1) is 15.0. The Morgan fingerprint density at radius 2 is 1.85 bits per heavy atom. The van der Waals surface area contributed by atoms with Crippen LogP contribution in [0.1, 0.15) is 49.7 Å². The second kappa shape index (κ2) is 7.44. The zero-order chi connectivity index (χ0) is 14.4. The van der Waals surface area contributed by atoms with Crippen LogP contribution in [0.4, 0.5) is 0 Å². The van der Waals surface area contributed by atoms with Crippen LogP contribution in [0.25, 0.3) is 0 Å². The van der Waals surface area contributed by atoms with Gasteiger partial charge in [0.25, 0.3) is 0 Å². The maximum atomic E-state index is 11.9. The zero-order valence-electron chi connectivity index (χ0n) is 12.3. The Bertz CT molecular complexity index is 419. The molecule has 0 spiro atoms. The molecule has 3 nitrogen and oxygen atoms in total. The first-order valence-corrected chi connectivity index (χ1v) is 7.66. The van der Waals surface area contributed by atoms with E-state index in [1.54, 1.807) is 0 Å². The van der Waals surface area contributed by atoms with Crippen LogP contribution in [0.3, 0.4) is 0 Å². The molecule has 1 amide bonds. The van der Waals surface area contributed by atoms with Gasteiger partial charge in [-0.25, -0.2) is 0 Å². The monoisotopic (exact) mass is 275 g/mol. The highest BCUT2D eigenvalue weighted by atomic mass is 16.3. The Kier molecular flexibility index (Phi) is 5.60. The SMILES string of the molecule is Cc1ccc(CCCC(=O)NC2CCC(O)CC2)cc1. The van der Waals surface area contributed by atoms with Gasteiger partial charge >= 0.3 is 0 Å². The van der Waals surface area contributed by atoms with E-state index in [0.717, 1.165) is 38.5 Å². The lowest BCUT2D eigenvalue weighted by molar-refractivity contribution is -0.122. The number of aryl methyl sites for hydroxylation is 2. The van der Waals surface area contributed by atoms with E-state index in [4.69, 9.17) is 0 Å². The normalized spacial score (nSPS) is 22.5. The number of amides is 1. The van der Waals surface area contributed by atoms with Gasteiger partial charge in [-0.3, -0.25) is 4.79 Å². The summed E-state index contributed by atoms with van der Waals surface area (Å²) < 4.78 is 0. The maximum Gasteiger partial charge on any atom is 0.220 e. The number of hydrogen-bond donors (Lipinski definition) is 2. The lowest BCUT2D eigenvalue weighted by Gasteiger charge is -2.26. The molecule has 0 aromatic heterocycles. The standard InChI is InChI=1S/C17H25NO2/c1-13-5-7-14(8-6-13)3-2-4-17(20)18-15-9-11-16(19)12-10-15/h5-8,15-16,19H,2-4,9-12H2,1H3,(H,18,20). The van der Waals surface area contributed by atoms with Crippen LogP contribution < -0.4 is 5.32 Å². The molecule has 3 heteroatoms. The average Bonchev–Trinajstić information content (AvgIpc) is 2.44. The molecule has 0 atom stereocenters. The molecular weight excluding hydrogens is 250 g/mol. The third-order valence-corrected chi connectivity index (χ3v) is 4.05. The summed E-state index contributed by atoms with van der Waals surface area (Å²) in [7, 11) is 0. The molecule has 0 unspecified atom stereocenters. The van der Waals surface area contributed by atoms with E-state index in [1.807, 2.05) is 0 Å². The molecule has 20 heavy (non-hydrogen) atoms. The fourth-order valence-corrected chi connectivity index (χ4v) is 2.73. The molecule has 1 aromatic rings. The quantitative estimate of drug-likeness (QED) is 0.868. The van der Waals surface area contributed by atoms with Crippen molar-refractivity contribution in [3.63, 3.8) is 0 Å². The number of hydrogen-bond acceptors (Lipinski definition) is 2. The van der Waals surface area contributed by atoms with E-state index in [2.05, 4.69) is 36.5 Å². The molecule has 0 heterocycles. The number of benzene rings is 1. The second-order valence-corrected chi connectivity index (χ2v) is 5.91. The van der Waals surface area contributed by atoms with Crippen molar-refractivity contribution in [2.45, 2.75) is 64.0 Å². The van der Waals surface area contributed by atoms with Crippen molar-refractivity contribution in [1.82, 2.24) is 5.32 Å². The summed E-state index contributed by atoms with van der Waals surface area (Å²) in [5, 5.41) is 12.5. The summed E-state index contributed by atoms with van der Waals surface area (Å²) in [6.45, 7) is 2.08. The Labute approximate surface area is 121 Å². The predicted molar refractivity (Wildman–Crippen MR) is 80.5 cm³/mol. The number of carbonyl (C=O) groups is 1. The van der Waals surface area contributed by atoms with Crippen molar-refractivity contribution in [1.29, 1.82) is 0 Å². The van der Waals surface area contributed by atoms with Gasteiger partial charge in [0.2, 0.25) is 5.91 Å². The molecule has 1 saturated carbocycles. The number of carbonyl (C=O) groups excluding carboxylic acids is 1. The summed E-state index contributed by atoms with van der Waals surface area (Å²) in [5.74, 6) is 0.151. The summed E-state index contributed by atoms with van der Waals surface area (Å²) >= 11 is 0. The van der Waals surface area contributed by atoms with Gasteiger partial charge < -0.3 is 10.4 Å². The predicted octanol–water partition coefficient (Wildman–Crippen LogP) is 2.74. The van der Waals surface area contributed by atoms with Crippen LogP contribution in [-0.2, 0) is 11.2 Å². The highest BCUT2D eigenvalue weighted by Gasteiger charge is 2.20. The van der Waals surface area contributed by atoms with E-state index >= 15 is 0 Å². The summed E-state index contributed by atoms with van der Waals surface area (Å²) in [6, 6.07) is 8.77. The number of aliphatic hydroxyl groups excluding tert-OH is 1. The van der Waals surface area contributed by atoms with Crippen molar-refractivity contribution >= 4 is 5.91 Å². The molecular formula is C17H25NO2. The summed E-state index contributed by atoms with van der Waals surface area (Å²) in [6.07, 6.45) is 5.72. The van der Waals surface area contributed by atoms with Crippen molar-refractivity contribution in [3.05, 3.63) is 35.4 Å². The van der Waals surface area contributed by atoms with Crippen molar-refractivity contribution < 1.29 is 9.90 Å². The second-order valence-electron chi connectivity index (χ2n) is 5.91. The van der Waals surface area contributed by atoms with Crippen LogP contribution in [0.2, 0.25) is 0 Å². The average molecular weight is 275 g/mol. The molecule has 0 radical (unpaired) electrons. The largest absolute Gasteiger partial charge is 0.393 e. The summed E-state index contributed by atoms with van der Waals surface area (Å²) in [5.41, 5.74) is 2.56. The third-order valence-electron chi connectivity index (χ3n) is 4.05. The third kappa shape index (κ3) is 4.97. The highest BCUT2D eigenvalue weighted by Crippen LogP contribution is 2.18.